The fourth-order valence-electron chi connectivity index (χ4n) is 3.35. The lowest BCUT2D eigenvalue weighted by molar-refractivity contribution is -0.123. The molecule has 1 amide bonds. The van der Waals surface area contributed by atoms with Gasteiger partial charge in [0.2, 0.25) is 5.91 Å². The molecule has 0 unspecified atom stereocenters. The van der Waals surface area contributed by atoms with Gasteiger partial charge in [-0.15, -0.1) is 0 Å². The summed E-state index contributed by atoms with van der Waals surface area (Å²) in [5, 5.41) is 3.08. The predicted octanol–water partition coefficient (Wildman–Crippen LogP) is 1.52. The lowest BCUT2D eigenvalue weighted by Crippen LogP contribution is -2.54. The molecule has 6 heteroatoms. The van der Waals surface area contributed by atoms with E-state index in [0.717, 1.165) is 44.1 Å². The summed E-state index contributed by atoms with van der Waals surface area (Å²) in [4.78, 5) is 17.1. The van der Waals surface area contributed by atoms with Crippen LogP contribution in [-0.4, -0.2) is 75.3 Å². The second-order valence-electron chi connectivity index (χ2n) is 6.64. The molecule has 1 aliphatic heterocycles. The van der Waals surface area contributed by atoms with Gasteiger partial charge in [0, 0.05) is 44.9 Å². The molecule has 0 aromatic heterocycles. The average Bonchev–Trinajstić information content (AvgIpc) is 2.60. The van der Waals surface area contributed by atoms with Crippen LogP contribution in [-0.2, 0) is 9.53 Å². The van der Waals surface area contributed by atoms with Crippen LogP contribution >= 0.6 is 0 Å². The van der Waals surface area contributed by atoms with Gasteiger partial charge in [0.25, 0.3) is 0 Å². The van der Waals surface area contributed by atoms with Crippen molar-refractivity contribution in [1.82, 2.24) is 15.1 Å². The van der Waals surface area contributed by atoms with Gasteiger partial charge in [-0.2, -0.15) is 0 Å². The summed E-state index contributed by atoms with van der Waals surface area (Å²) in [6.07, 6.45) is 0. The van der Waals surface area contributed by atoms with E-state index in [0.29, 0.717) is 12.6 Å². The van der Waals surface area contributed by atoms with Crippen molar-refractivity contribution in [3.63, 3.8) is 0 Å². The molecule has 1 heterocycles. The van der Waals surface area contributed by atoms with Gasteiger partial charge in [-0.1, -0.05) is 18.2 Å². The quantitative estimate of drug-likeness (QED) is 0.771. The Kier molecular flexibility index (Phi) is 7.68. The second-order valence-corrected chi connectivity index (χ2v) is 6.64. The van der Waals surface area contributed by atoms with Crippen molar-refractivity contribution in [3.8, 4) is 5.75 Å². The maximum absolute atomic E-state index is 12.4. The molecule has 1 N–H and O–H groups in total. The number of para-hydroxylation sites is 1. The molecule has 140 valence electrons. The Labute approximate surface area is 151 Å². The van der Waals surface area contributed by atoms with Gasteiger partial charge in [0.1, 0.15) is 5.75 Å². The predicted molar refractivity (Wildman–Crippen MR) is 98.9 cm³/mol. The second kappa shape index (κ2) is 9.75. The number of ether oxygens (including phenoxy) is 2. The zero-order chi connectivity index (χ0) is 18.2. The number of nitrogens with one attached hydrogen (secondary N) is 1. The first-order chi connectivity index (χ1) is 12.0. The number of nitrogens with zero attached hydrogens (tertiary/aromatic N) is 2. The molecule has 25 heavy (non-hydrogen) atoms. The number of hydrogen-bond acceptors (Lipinski definition) is 5. The van der Waals surface area contributed by atoms with Crippen molar-refractivity contribution in [3.05, 3.63) is 29.8 Å². The monoisotopic (exact) mass is 349 g/mol. The minimum absolute atomic E-state index is 0.0518. The minimum atomic E-state index is -0.0796. The van der Waals surface area contributed by atoms with E-state index in [9.17, 15) is 4.79 Å². The van der Waals surface area contributed by atoms with Crippen LogP contribution in [0.2, 0.25) is 0 Å². The van der Waals surface area contributed by atoms with E-state index in [4.69, 9.17) is 9.47 Å². The number of benzene rings is 1. The summed E-state index contributed by atoms with van der Waals surface area (Å²) in [6, 6.07) is 8.15. The standard InChI is InChI=1S/C19H31N3O3/c1-15-13-21(9-10-22(15)11-12-24-3)14-19(23)20-16(2)17-7-5-6-8-18(17)25-4/h5-8,15-16H,9-14H2,1-4H3,(H,20,23)/t15-,16+/m0/s1. The van der Waals surface area contributed by atoms with Gasteiger partial charge >= 0.3 is 0 Å². The van der Waals surface area contributed by atoms with Gasteiger partial charge in [0.05, 0.1) is 26.3 Å². The van der Waals surface area contributed by atoms with E-state index >= 15 is 0 Å². The van der Waals surface area contributed by atoms with Crippen LogP contribution in [0.5, 0.6) is 5.75 Å². The number of methoxy groups -OCH3 is 2. The lowest BCUT2D eigenvalue weighted by Gasteiger charge is -2.39. The van der Waals surface area contributed by atoms with Crippen LogP contribution < -0.4 is 10.1 Å². The topological polar surface area (TPSA) is 54.0 Å². The van der Waals surface area contributed by atoms with Crippen molar-refractivity contribution in [2.75, 3.05) is 53.6 Å². The number of piperazine rings is 1. The van der Waals surface area contributed by atoms with Crippen molar-refractivity contribution in [1.29, 1.82) is 0 Å². The fourth-order valence-corrected chi connectivity index (χ4v) is 3.35. The molecule has 1 fully saturated rings. The first kappa shape index (κ1) is 19.7. The van der Waals surface area contributed by atoms with E-state index in [2.05, 4.69) is 22.0 Å². The molecule has 0 saturated carbocycles. The van der Waals surface area contributed by atoms with Crippen LogP contribution in [0.15, 0.2) is 24.3 Å². The van der Waals surface area contributed by atoms with E-state index in [1.807, 2.05) is 31.2 Å². The molecule has 6 nitrogen and oxygen atoms in total. The summed E-state index contributed by atoms with van der Waals surface area (Å²) in [6.45, 7) is 9.11. The molecule has 2 atom stereocenters. The summed E-state index contributed by atoms with van der Waals surface area (Å²) in [7, 11) is 3.38. The van der Waals surface area contributed by atoms with Gasteiger partial charge in [-0.3, -0.25) is 14.6 Å². The van der Waals surface area contributed by atoms with Gasteiger partial charge in [0.15, 0.2) is 0 Å². The maximum atomic E-state index is 12.4. The Balaban J connectivity index is 1.82. The number of rotatable bonds is 8. The van der Waals surface area contributed by atoms with E-state index in [-0.39, 0.29) is 11.9 Å². The Bertz CT molecular complexity index is 552. The summed E-state index contributed by atoms with van der Waals surface area (Å²) >= 11 is 0. The van der Waals surface area contributed by atoms with Crippen LogP contribution in [0.4, 0.5) is 0 Å². The van der Waals surface area contributed by atoms with Crippen molar-refractivity contribution >= 4 is 5.91 Å². The average molecular weight is 349 g/mol. The third kappa shape index (κ3) is 5.70. The van der Waals surface area contributed by atoms with E-state index in [1.165, 1.54) is 0 Å². The number of amides is 1. The highest BCUT2D eigenvalue weighted by Crippen LogP contribution is 2.24. The zero-order valence-electron chi connectivity index (χ0n) is 15.8. The van der Waals surface area contributed by atoms with Gasteiger partial charge in [-0.25, -0.2) is 0 Å². The van der Waals surface area contributed by atoms with Crippen molar-refractivity contribution < 1.29 is 14.3 Å². The molecular formula is C19H31N3O3. The zero-order valence-corrected chi connectivity index (χ0v) is 15.8. The van der Waals surface area contributed by atoms with E-state index in [1.54, 1.807) is 14.2 Å². The summed E-state index contributed by atoms with van der Waals surface area (Å²) in [5.41, 5.74) is 0.996. The molecule has 1 aliphatic rings. The number of carbonyl (C=O) groups is 1. The lowest BCUT2D eigenvalue weighted by atomic mass is 10.1. The Morgan fingerprint density at radius 1 is 1.32 bits per heavy atom. The SMILES string of the molecule is COCCN1CCN(CC(=O)N[C@H](C)c2ccccc2OC)C[C@@H]1C. The molecule has 0 radical (unpaired) electrons. The third-order valence-corrected chi connectivity index (χ3v) is 4.78. The normalized spacial score (nSPS) is 20.2. The first-order valence-electron chi connectivity index (χ1n) is 8.92. The molecule has 1 saturated heterocycles. The Hall–Kier alpha value is -1.63. The highest BCUT2D eigenvalue weighted by Gasteiger charge is 2.25. The molecule has 1 aromatic rings. The molecule has 0 aliphatic carbocycles. The molecule has 0 spiro atoms. The van der Waals surface area contributed by atoms with Crippen LogP contribution in [0.1, 0.15) is 25.5 Å². The van der Waals surface area contributed by atoms with Gasteiger partial charge in [-0.05, 0) is 19.9 Å². The smallest absolute Gasteiger partial charge is 0.234 e. The third-order valence-electron chi connectivity index (χ3n) is 4.78. The molecule has 0 bridgehead atoms. The first-order valence-corrected chi connectivity index (χ1v) is 8.92. The van der Waals surface area contributed by atoms with Crippen LogP contribution in [0.25, 0.3) is 0 Å². The molecular weight excluding hydrogens is 318 g/mol. The highest BCUT2D eigenvalue weighted by molar-refractivity contribution is 5.78. The molecule has 1 aromatic carbocycles. The van der Waals surface area contributed by atoms with Crippen molar-refractivity contribution in [2.45, 2.75) is 25.9 Å². The summed E-state index contributed by atoms with van der Waals surface area (Å²) in [5.74, 6) is 0.853. The number of hydrogen-bond donors (Lipinski definition) is 1. The van der Waals surface area contributed by atoms with Crippen LogP contribution in [0.3, 0.4) is 0 Å². The maximum Gasteiger partial charge on any atom is 0.234 e. The molecule has 2 rings (SSSR count). The Morgan fingerprint density at radius 3 is 2.76 bits per heavy atom. The van der Waals surface area contributed by atoms with E-state index < -0.39 is 0 Å². The highest BCUT2D eigenvalue weighted by atomic mass is 16.5. The van der Waals surface area contributed by atoms with Crippen LogP contribution in [0, 0.1) is 0 Å². The Morgan fingerprint density at radius 2 is 2.08 bits per heavy atom. The summed E-state index contributed by atoms with van der Waals surface area (Å²) < 4.78 is 10.5. The minimum Gasteiger partial charge on any atom is -0.496 e. The largest absolute Gasteiger partial charge is 0.496 e. The van der Waals surface area contributed by atoms with Crippen molar-refractivity contribution in [2.24, 2.45) is 0 Å². The van der Waals surface area contributed by atoms with Gasteiger partial charge < -0.3 is 14.8 Å². The number of carbonyl (C=O) groups excluding carboxylic acids is 1. The fraction of sp³-hybridized carbons (Fsp3) is 0.632.